The van der Waals surface area contributed by atoms with Crippen molar-refractivity contribution in [1.29, 1.82) is 0 Å². The molecule has 3 nitrogen and oxygen atoms in total. The summed E-state index contributed by atoms with van der Waals surface area (Å²) >= 11 is 0. The monoisotopic (exact) mass is 280 g/mol. The van der Waals surface area contributed by atoms with Gasteiger partial charge in [0, 0.05) is 26.7 Å². The van der Waals surface area contributed by atoms with Crippen LogP contribution < -0.4 is 10.6 Å². The van der Waals surface area contributed by atoms with E-state index in [0.29, 0.717) is 0 Å². The third kappa shape index (κ3) is 3.55. The van der Waals surface area contributed by atoms with Crippen LogP contribution >= 0.6 is 0 Å². The lowest BCUT2D eigenvalue weighted by atomic mass is 9.49. The summed E-state index contributed by atoms with van der Waals surface area (Å²) in [5.74, 6) is 3.28. The number of nitrogens with one attached hydrogen (secondary N) is 2. The van der Waals surface area contributed by atoms with Crippen LogP contribution in [0.15, 0.2) is 0 Å². The molecule has 0 spiro atoms. The SMILES string of the molecule is COCCNCCNCCC12CC3CC(CC(C3)C1)C2. The minimum absolute atomic E-state index is 0.741. The summed E-state index contributed by atoms with van der Waals surface area (Å²) in [6.45, 7) is 5.15. The molecule has 0 unspecified atom stereocenters. The molecule has 2 N–H and O–H groups in total. The summed E-state index contributed by atoms with van der Waals surface area (Å²) in [4.78, 5) is 0. The second-order valence-corrected chi connectivity index (χ2v) is 7.66. The molecule has 4 fully saturated rings. The van der Waals surface area contributed by atoms with Crippen molar-refractivity contribution >= 4 is 0 Å². The molecule has 3 heteroatoms. The van der Waals surface area contributed by atoms with Crippen LogP contribution in [-0.4, -0.2) is 39.9 Å². The molecular weight excluding hydrogens is 248 g/mol. The lowest BCUT2D eigenvalue weighted by Gasteiger charge is -2.57. The maximum Gasteiger partial charge on any atom is 0.0587 e. The zero-order valence-electron chi connectivity index (χ0n) is 13.1. The van der Waals surface area contributed by atoms with E-state index in [1.54, 1.807) is 45.6 Å². The van der Waals surface area contributed by atoms with Gasteiger partial charge in [0.25, 0.3) is 0 Å². The van der Waals surface area contributed by atoms with Crippen LogP contribution in [0.1, 0.15) is 44.9 Å². The molecule has 116 valence electrons. The molecule has 0 aliphatic heterocycles. The van der Waals surface area contributed by atoms with E-state index < -0.39 is 0 Å². The Morgan fingerprint density at radius 1 is 0.850 bits per heavy atom. The second-order valence-electron chi connectivity index (χ2n) is 7.66. The fraction of sp³-hybridized carbons (Fsp3) is 1.00. The zero-order chi connectivity index (χ0) is 13.8. The molecule has 20 heavy (non-hydrogen) atoms. The van der Waals surface area contributed by atoms with Gasteiger partial charge in [-0.25, -0.2) is 0 Å². The summed E-state index contributed by atoms with van der Waals surface area (Å²) in [6.07, 6.45) is 10.8. The van der Waals surface area contributed by atoms with E-state index >= 15 is 0 Å². The van der Waals surface area contributed by atoms with E-state index in [0.717, 1.165) is 49.4 Å². The van der Waals surface area contributed by atoms with Crippen LogP contribution in [0.2, 0.25) is 0 Å². The molecule has 0 amide bonds. The smallest absolute Gasteiger partial charge is 0.0587 e. The van der Waals surface area contributed by atoms with Crippen molar-refractivity contribution < 1.29 is 4.74 Å². The van der Waals surface area contributed by atoms with E-state index in [1.807, 2.05) is 0 Å². The van der Waals surface area contributed by atoms with E-state index in [2.05, 4.69) is 10.6 Å². The number of rotatable bonds is 9. The number of methoxy groups -OCH3 is 1. The third-order valence-corrected chi connectivity index (χ3v) is 5.96. The standard InChI is InChI=1S/C17H32N2O/c1-20-7-6-19-5-4-18-3-2-17-11-14-8-15(12-17)10-16(9-14)13-17/h14-16,18-19H,2-13H2,1H3. The molecule has 0 saturated heterocycles. The van der Waals surface area contributed by atoms with Gasteiger partial charge in [0.05, 0.1) is 6.61 Å². The molecule has 4 saturated carbocycles. The molecule has 4 aliphatic carbocycles. The third-order valence-electron chi connectivity index (χ3n) is 5.96. The van der Waals surface area contributed by atoms with Crippen LogP contribution in [-0.2, 0) is 4.74 Å². The van der Waals surface area contributed by atoms with Crippen LogP contribution in [0.3, 0.4) is 0 Å². The molecule has 0 heterocycles. The Kier molecular flexibility index (Phi) is 5.00. The first kappa shape index (κ1) is 14.8. The molecule has 0 aromatic heterocycles. The fourth-order valence-corrected chi connectivity index (χ4v) is 5.55. The Labute approximate surface area is 124 Å². The van der Waals surface area contributed by atoms with Gasteiger partial charge < -0.3 is 15.4 Å². The molecule has 4 rings (SSSR count). The number of hydrogen-bond donors (Lipinski definition) is 2. The van der Waals surface area contributed by atoms with Crippen LogP contribution in [0.5, 0.6) is 0 Å². The minimum Gasteiger partial charge on any atom is -0.383 e. The topological polar surface area (TPSA) is 33.3 Å². The summed E-state index contributed by atoms with van der Waals surface area (Å²) in [5, 5.41) is 7.03. The molecule has 0 atom stereocenters. The fourth-order valence-electron chi connectivity index (χ4n) is 5.55. The van der Waals surface area contributed by atoms with Gasteiger partial charge in [-0.1, -0.05) is 0 Å². The van der Waals surface area contributed by atoms with Gasteiger partial charge in [0.15, 0.2) is 0 Å². The van der Waals surface area contributed by atoms with E-state index in [1.165, 1.54) is 13.0 Å². The average Bonchev–Trinajstić information content (AvgIpc) is 2.40. The van der Waals surface area contributed by atoms with E-state index in [9.17, 15) is 0 Å². The van der Waals surface area contributed by atoms with Crippen molar-refractivity contribution in [2.24, 2.45) is 23.2 Å². The lowest BCUT2D eigenvalue weighted by molar-refractivity contribution is -0.0567. The van der Waals surface area contributed by atoms with E-state index in [4.69, 9.17) is 4.74 Å². The summed E-state index contributed by atoms with van der Waals surface area (Å²) in [6, 6.07) is 0. The normalized spacial score (nSPS) is 38.5. The first-order valence-electron chi connectivity index (χ1n) is 8.70. The van der Waals surface area contributed by atoms with Crippen molar-refractivity contribution in [2.75, 3.05) is 39.9 Å². The Bertz CT molecular complexity index is 270. The highest BCUT2D eigenvalue weighted by Gasteiger charge is 2.50. The van der Waals surface area contributed by atoms with Crippen molar-refractivity contribution in [3.05, 3.63) is 0 Å². The Morgan fingerprint density at radius 2 is 1.40 bits per heavy atom. The second kappa shape index (κ2) is 6.76. The van der Waals surface area contributed by atoms with Gasteiger partial charge in [0.2, 0.25) is 0 Å². The zero-order valence-corrected chi connectivity index (χ0v) is 13.1. The van der Waals surface area contributed by atoms with Gasteiger partial charge in [-0.15, -0.1) is 0 Å². The van der Waals surface area contributed by atoms with E-state index in [-0.39, 0.29) is 0 Å². The Morgan fingerprint density at radius 3 is 1.95 bits per heavy atom. The molecular formula is C17H32N2O. The Balaban J connectivity index is 1.31. The Hall–Kier alpha value is -0.120. The molecule has 0 aromatic carbocycles. The maximum atomic E-state index is 5.02. The average molecular weight is 280 g/mol. The minimum atomic E-state index is 0.741. The van der Waals surface area contributed by atoms with Crippen LogP contribution in [0, 0.1) is 23.2 Å². The molecule has 4 bridgehead atoms. The van der Waals surface area contributed by atoms with Gasteiger partial charge in [-0.2, -0.15) is 0 Å². The van der Waals surface area contributed by atoms with Crippen molar-refractivity contribution in [3.63, 3.8) is 0 Å². The van der Waals surface area contributed by atoms with Crippen LogP contribution in [0.25, 0.3) is 0 Å². The summed E-state index contributed by atoms with van der Waals surface area (Å²) in [7, 11) is 1.76. The summed E-state index contributed by atoms with van der Waals surface area (Å²) in [5.41, 5.74) is 0.741. The quantitative estimate of drug-likeness (QED) is 0.636. The lowest BCUT2D eigenvalue weighted by Crippen LogP contribution is -2.47. The predicted molar refractivity (Wildman–Crippen MR) is 82.8 cm³/mol. The molecule has 0 aromatic rings. The largest absolute Gasteiger partial charge is 0.383 e. The number of hydrogen-bond acceptors (Lipinski definition) is 3. The van der Waals surface area contributed by atoms with Gasteiger partial charge >= 0.3 is 0 Å². The van der Waals surface area contributed by atoms with Crippen LogP contribution in [0.4, 0.5) is 0 Å². The van der Waals surface area contributed by atoms with Crippen molar-refractivity contribution in [2.45, 2.75) is 44.9 Å². The maximum absolute atomic E-state index is 5.02. The highest BCUT2D eigenvalue weighted by atomic mass is 16.5. The molecule has 4 aliphatic rings. The highest BCUT2D eigenvalue weighted by molar-refractivity contribution is 5.01. The number of ether oxygens (including phenoxy) is 1. The first-order valence-corrected chi connectivity index (χ1v) is 8.70. The predicted octanol–water partition coefficient (Wildman–Crippen LogP) is 2.42. The highest BCUT2D eigenvalue weighted by Crippen LogP contribution is 2.61. The molecule has 0 radical (unpaired) electrons. The summed E-state index contributed by atoms with van der Waals surface area (Å²) < 4.78 is 5.02. The van der Waals surface area contributed by atoms with Gasteiger partial charge in [-0.05, 0) is 74.7 Å². The van der Waals surface area contributed by atoms with Crippen molar-refractivity contribution in [1.82, 2.24) is 10.6 Å². The van der Waals surface area contributed by atoms with Gasteiger partial charge in [0.1, 0.15) is 0 Å². The van der Waals surface area contributed by atoms with Gasteiger partial charge in [-0.3, -0.25) is 0 Å². The van der Waals surface area contributed by atoms with Crippen molar-refractivity contribution in [3.8, 4) is 0 Å². The first-order chi connectivity index (χ1) is 9.80.